The molecular formula is C20H12N4O2S2. The monoisotopic (exact) mass is 404 g/mol. The summed E-state index contributed by atoms with van der Waals surface area (Å²) in [6.07, 6.45) is 6.74. The summed E-state index contributed by atoms with van der Waals surface area (Å²) in [5, 5.41) is 1.33. The molecule has 0 saturated carbocycles. The molecule has 6 nitrogen and oxygen atoms in total. The normalized spacial score (nSPS) is 12.7. The maximum atomic E-state index is 13.5. The topological polar surface area (TPSA) is 91.5 Å². The van der Waals surface area contributed by atoms with E-state index in [4.69, 9.17) is 0 Å². The van der Waals surface area contributed by atoms with Crippen LogP contribution in [0.4, 0.5) is 0 Å². The van der Waals surface area contributed by atoms with Gasteiger partial charge < -0.3 is 9.97 Å². The van der Waals surface area contributed by atoms with Crippen molar-refractivity contribution in [3.8, 4) is 0 Å². The van der Waals surface area contributed by atoms with E-state index in [-0.39, 0.29) is 11.6 Å². The molecule has 0 amide bonds. The molecule has 2 aromatic carbocycles. The van der Waals surface area contributed by atoms with Gasteiger partial charge in [-0.25, -0.2) is 9.97 Å². The molecule has 28 heavy (non-hydrogen) atoms. The highest BCUT2D eigenvalue weighted by Gasteiger charge is 2.34. The lowest BCUT2D eigenvalue weighted by Gasteiger charge is -2.21. The maximum absolute atomic E-state index is 13.5. The molecule has 1 aliphatic rings. The zero-order valence-corrected chi connectivity index (χ0v) is 15.9. The van der Waals surface area contributed by atoms with E-state index in [0.717, 1.165) is 0 Å². The first-order valence-electron chi connectivity index (χ1n) is 8.42. The van der Waals surface area contributed by atoms with E-state index >= 15 is 0 Å². The van der Waals surface area contributed by atoms with Crippen molar-refractivity contribution in [3.05, 3.63) is 83.4 Å². The minimum absolute atomic E-state index is 0.145. The molecule has 0 aliphatic heterocycles. The van der Waals surface area contributed by atoms with Crippen molar-refractivity contribution >= 4 is 35.1 Å². The number of carbonyl (C=O) groups excluding carboxylic acids is 2. The number of aromatic nitrogens is 4. The maximum Gasteiger partial charge on any atom is 0.196 e. The van der Waals surface area contributed by atoms with Gasteiger partial charge in [0.25, 0.3) is 0 Å². The zero-order chi connectivity index (χ0) is 19.1. The number of H-pyrrole nitrogens is 2. The number of carbonyl (C=O) groups is 2. The second-order valence-corrected chi connectivity index (χ2v) is 8.07. The van der Waals surface area contributed by atoms with Gasteiger partial charge in [-0.2, -0.15) is 0 Å². The number of imidazole rings is 2. The molecule has 0 bridgehead atoms. The van der Waals surface area contributed by atoms with Crippen LogP contribution in [0.2, 0.25) is 0 Å². The van der Waals surface area contributed by atoms with Crippen LogP contribution in [-0.2, 0) is 0 Å². The van der Waals surface area contributed by atoms with Gasteiger partial charge in [0.1, 0.15) is 0 Å². The summed E-state index contributed by atoms with van der Waals surface area (Å²) >= 11 is 2.67. The fraction of sp³-hybridized carbons (Fsp3) is 0. The molecule has 0 saturated heterocycles. The summed E-state index contributed by atoms with van der Waals surface area (Å²) in [5.74, 6) is -0.303. The Morgan fingerprint density at radius 1 is 0.679 bits per heavy atom. The minimum atomic E-state index is -0.158. The van der Waals surface area contributed by atoms with E-state index in [2.05, 4.69) is 19.9 Å². The van der Waals surface area contributed by atoms with Crippen molar-refractivity contribution in [2.24, 2.45) is 0 Å². The quantitative estimate of drug-likeness (QED) is 0.466. The molecule has 0 fully saturated rings. The van der Waals surface area contributed by atoms with Crippen LogP contribution in [-0.4, -0.2) is 31.5 Å². The number of benzene rings is 2. The molecule has 0 radical (unpaired) electrons. The van der Waals surface area contributed by atoms with Gasteiger partial charge in [0, 0.05) is 56.8 Å². The van der Waals surface area contributed by atoms with E-state index in [9.17, 15) is 9.59 Å². The number of hydrogen-bond acceptors (Lipinski definition) is 6. The predicted molar refractivity (Wildman–Crippen MR) is 105 cm³/mol. The molecule has 5 rings (SSSR count). The van der Waals surface area contributed by atoms with Gasteiger partial charge in [-0.15, -0.1) is 0 Å². The molecule has 8 heteroatoms. The van der Waals surface area contributed by atoms with Crippen molar-refractivity contribution < 1.29 is 9.59 Å². The Balaban J connectivity index is 1.65. The molecule has 0 atom stereocenters. The highest BCUT2D eigenvalue weighted by Crippen LogP contribution is 2.40. The van der Waals surface area contributed by atoms with Crippen molar-refractivity contribution in [2.45, 2.75) is 20.1 Å². The van der Waals surface area contributed by atoms with E-state index in [1.54, 1.807) is 49.1 Å². The average molecular weight is 404 g/mol. The van der Waals surface area contributed by atoms with Crippen molar-refractivity contribution in [1.82, 2.24) is 19.9 Å². The number of hydrogen-bond donors (Lipinski definition) is 2. The van der Waals surface area contributed by atoms with Crippen LogP contribution in [0, 0.1) is 0 Å². The van der Waals surface area contributed by atoms with Gasteiger partial charge in [-0.1, -0.05) is 47.8 Å². The third kappa shape index (κ3) is 2.78. The number of ketones is 2. The summed E-state index contributed by atoms with van der Waals surface area (Å²) in [7, 11) is 0. The van der Waals surface area contributed by atoms with E-state index in [0.29, 0.717) is 42.4 Å². The second kappa shape index (κ2) is 6.81. The molecule has 2 N–H and O–H groups in total. The molecule has 0 spiro atoms. The predicted octanol–water partition coefficient (Wildman–Crippen LogP) is 4.21. The van der Waals surface area contributed by atoms with Crippen LogP contribution in [0.3, 0.4) is 0 Å². The van der Waals surface area contributed by atoms with Crippen LogP contribution < -0.4 is 0 Å². The summed E-state index contributed by atoms with van der Waals surface area (Å²) in [6, 6.07) is 10.7. The molecule has 4 aromatic rings. The minimum Gasteiger partial charge on any atom is -0.339 e. The van der Waals surface area contributed by atoms with Crippen molar-refractivity contribution in [2.75, 3.05) is 0 Å². The molecule has 2 heterocycles. The number of aromatic amines is 2. The van der Waals surface area contributed by atoms with Crippen LogP contribution in [0.1, 0.15) is 31.8 Å². The number of fused-ring (bicyclic) bond motifs is 2. The fourth-order valence-electron chi connectivity index (χ4n) is 3.17. The van der Waals surface area contributed by atoms with Gasteiger partial charge in [-0.3, -0.25) is 9.59 Å². The number of nitrogens with zero attached hydrogens (tertiary/aromatic N) is 2. The smallest absolute Gasteiger partial charge is 0.196 e. The Morgan fingerprint density at radius 2 is 1.18 bits per heavy atom. The lowest BCUT2D eigenvalue weighted by atomic mass is 9.84. The lowest BCUT2D eigenvalue weighted by Crippen LogP contribution is -2.22. The van der Waals surface area contributed by atoms with Crippen LogP contribution in [0.25, 0.3) is 0 Å². The third-order valence-corrected chi connectivity index (χ3v) is 6.31. The Labute approximate surface area is 168 Å². The lowest BCUT2D eigenvalue weighted by molar-refractivity contribution is 0.0974. The fourth-order valence-corrected chi connectivity index (χ4v) is 4.97. The molecule has 136 valence electrons. The Kier molecular flexibility index (Phi) is 4.14. The average Bonchev–Trinajstić information content (AvgIpc) is 3.40. The van der Waals surface area contributed by atoms with Crippen LogP contribution >= 0.6 is 23.5 Å². The first-order valence-corrected chi connectivity index (χ1v) is 10.1. The van der Waals surface area contributed by atoms with Gasteiger partial charge in [0.05, 0.1) is 0 Å². The molecule has 1 aliphatic carbocycles. The SMILES string of the molecule is O=C1c2cccc(Sc3ncc[nH]3)c2C(=O)c2c(Sc3ncc[nH]3)cccc21. The van der Waals surface area contributed by atoms with Crippen LogP contribution in [0.5, 0.6) is 0 Å². The van der Waals surface area contributed by atoms with Gasteiger partial charge in [-0.05, 0) is 12.1 Å². The first-order chi connectivity index (χ1) is 13.7. The summed E-state index contributed by atoms with van der Waals surface area (Å²) in [6.45, 7) is 0. The summed E-state index contributed by atoms with van der Waals surface area (Å²) in [5.41, 5.74) is 1.70. The van der Waals surface area contributed by atoms with E-state index in [1.807, 2.05) is 12.1 Å². The van der Waals surface area contributed by atoms with Crippen LogP contribution in [0.15, 0.2) is 81.3 Å². The first kappa shape index (κ1) is 17.0. The largest absolute Gasteiger partial charge is 0.339 e. The Morgan fingerprint density at radius 3 is 1.61 bits per heavy atom. The molecule has 2 aromatic heterocycles. The van der Waals surface area contributed by atoms with E-state index in [1.165, 1.54) is 23.5 Å². The molecular weight excluding hydrogens is 392 g/mol. The van der Waals surface area contributed by atoms with Crippen molar-refractivity contribution in [1.29, 1.82) is 0 Å². The number of rotatable bonds is 4. The summed E-state index contributed by atoms with van der Waals surface area (Å²) in [4.78, 5) is 42.5. The highest BCUT2D eigenvalue weighted by molar-refractivity contribution is 7.99. The van der Waals surface area contributed by atoms with Crippen molar-refractivity contribution in [3.63, 3.8) is 0 Å². The van der Waals surface area contributed by atoms with Gasteiger partial charge in [0.2, 0.25) is 0 Å². The third-order valence-electron chi connectivity index (χ3n) is 4.36. The standard InChI is InChI=1S/C20H12N4O2S2/c25-17-11-3-1-5-13(27-19-21-7-8-22-19)15(11)18(26)16-12(17)4-2-6-14(16)28-20-23-9-10-24-20/h1-10H,(H,21,22)(H,23,24). The Bertz CT molecular complexity index is 1110. The highest BCUT2D eigenvalue weighted by atomic mass is 32.2. The zero-order valence-electron chi connectivity index (χ0n) is 14.3. The van der Waals surface area contributed by atoms with Gasteiger partial charge >= 0.3 is 0 Å². The summed E-state index contributed by atoms with van der Waals surface area (Å²) < 4.78 is 0. The number of nitrogens with one attached hydrogen (secondary N) is 2. The Hall–Kier alpha value is -3.10. The van der Waals surface area contributed by atoms with E-state index < -0.39 is 0 Å². The van der Waals surface area contributed by atoms with Gasteiger partial charge in [0.15, 0.2) is 21.9 Å². The second-order valence-electron chi connectivity index (χ2n) is 6.01. The molecule has 0 unspecified atom stereocenters.